The summed E-state index contributed by atoms with van der Waals surface area (Å²) < 4.78 is 0. The molecule has 0 aliphatic heterocycles. The van der Waals surface area contributed by atoms with Crippen LogP contribution >= 0.6 is 0 Å². The van der Waals surface area contributed by atoms with Gasteiger partial charge < -0.3 is 5.43 Å². The summed E-state index contributed by atoms with van der Waals surface area (Å²) in [6.45, 7) is 0. The zero-order valence-electron chi connectivity index (χ0n) is 4.39. The van der Waals surface area contributed by atoms with Crippen molar-refractivity contribution in [3.63, 3.8) is 0 Å². The van der Waals surface area contributed by atoms with Crippen LogP contribution in [-0.4, -0.2) is 0 Å². The van der Waals surface area contributed by atoms with Crippen LogP contribution in [0.1, 0.15) is 0 Å². The first-order valence-electron chi connectivity index (χ1n) is 2.36. The molecule has 4 N–H and O–H groups in total. The lowest BCUT2D eigenvalue weighted by Crippen LogP contribution is -2.09. The quantitative estimate of drug-likeness (QED) is 0.388. The van der Waals surface area contributed by atoms with E-state index in [1.54, 1.807) is 6.20 Å². The summed E-state index contributed by atoms with van der Waals surface area (Å²) in [4.78, 5) is 2.87. The van der Waals surface area contributed by atoms with Crippen LogP contribution in [0.2, 0.25) is 0 Å². The predicted molar refractivity (Wildman–Crippen MR) is 30.8 cm³/mol. The number of rotatable bonds is 1. The van der Waals surface area contributed by atoms with Crippen molar-refractivity contribution in [2.75, 3.05) is 5.43 Å². The number of hydrogen-bond donors (Lipinski definition) is 2. The van der Waals surface area contributed by atoms with Crippen molar-refractivity contribution in [2.24, 2.45) is 5.84 Å². The normalized spacial score (nSPS) is 8.62. The summed E-state index contributed by atoms with van der Waals surface area (Å²) >= 11 is 0. The molecule has 0 saturated carbocycles. The molecule has 0 spiro atoms. The molecule has 1 heterocycles. The van der Waals surface area contributed by atoms with E-state index in [2.05, 4.69) is 10.4 Å². The molecule has 0 atom stereocenters. The minimum atomic E-state index is 0.882. The Hall–Kier alpha value is -1.09. The van der Waals surface area contributed by atoms with Crippen LogP contribution in [0.25, 0.3) is 0 Å². The SMILES string of the molecule is NNc1ccc[nH+]c1. The van der Waals surface area contributed by atoms with Crippen LogP contribution in [0.4, 0.5) is 5.69 Å². The van der Waals surface area contributed by atoms with Gasteiger partial charge >= 0.3 is 0 Å². The van der Waals surface area contributed by atoms with Crippen LogP contribution in [0.15, 0.2) is 24.5 Å². The van der Waals surface area contributed by atoms with Crippen molar-refractivity contribution >= 4 is 5.69 Å². The molecule has 1 rings (SSSR count). The third kappa shape index (κ3) is 0.946. The van der Waals surface area contributed by atoms with Crippen LogP contribution in [-0.2, 0) is 0 Å². The van der Waals surface area contributed by atoms with Gasteiger partial charge in [0.05, 0.1) is 0 Å². The van der Waals surface area contributed by atoms with E-state index in [1.807, 2.05) is 18.3 Å². The Balaban J connectivity index is 2.83. The highest BCUT2D eigenvalue weighted by molar-refractivity contribution is 5.35. The average Bonchev–Trinajstić information content (AvgIpc) is 1.90. The summed E-state index contributed by atoms with van der Waals surface area (Å²) in [6.07, 6.45) is 3.60. The minimum absolute atomic E-state index is 0.882. The topological polar surface area (TPSA) is 52.2 Å². The van der Waals surface area contributed by atoms with Gasteiger partial charge in [-0.3, -0.25) is 5.84 Å². The smallest absolute Gasteiger partial charge is 0.191 e. The predicted octanol–water partition coefficient (Wildman–Crippen LogP) is -0.214. The lowest BCUT2D eigenvalue weighted by Gasteiger charge is -1.89. The Morgan fingerprint density at radius 2 is 2.50 bits per heavy atom. The van der Waals surface area contributed by atoms with Crippen LogP contribution in [0.5, 0.6) is 0 Å². The second-order valence-electron chi connectivity index (χ2n) is 1.44. The van der Waals surface area contributed by atoms with Crippen molar-refractivity contribution in [3.8, 4) is 0 Å². The Morgan fingerprint density at radius 1 is 1.62 bits per heavy atom. The van der Waals surface area contributed by atoms with E-state index in [0.717, 1.165) is 5.69 Å². The Labute approximate surface area is 47.5 Å². The van der Waals surface area contributed by atoms with Gasteiger partial charge in [-0.25, -0.2) is 4.98 Å². The second-order valence-corrected chi connectivity index (χ2v) is 1.44. The van der Waals surface area contributed by atoms with E-state index in [9.17, 15) is 0 Å². The molecular weight excluding hydrogens is 102 g/mol. The van der Waals surface area contributed by atoms with Crippen molar-refractivity contribution in [3.05, 3.63) is 24.5 Å². The Kier molecular flexibility index (Phi) is 1.44. The van der Waals surface area contributed by atoms with Gasteiger partial charge in [0, 0.05) is 6.07 Å². The minimum Gasteiger partial charge on any atom is -0.319 e. The van der Waals surface area contributed by atoms with E-state index in [0.29, 0.717) is 0 Å². The molecule has 0 aliphatic carbocycles. The van der Waals surface area contributed by atoms with Crippen LogP contribution < -0.4 is 16.3 Å². The van der Waals surface area contributed by atoms with Gasteiger partial charge in [0.25, 0.3) is 0 Å². The molecule has 0 radical (unpaired) electrons. The lowest BCUT2D eigenvalue weighted by molar-refractivity contribution is -0.377. The number of pyridine rings is 1. The van der Waals surface area contributed by atoms with Gasteiger partial charge in [-0.2, -0.15) is 0 Å². The molecule has 42 valence electrons. The number of H-pyrrole nitrogens is 1. The summed E-state index contributed by atoms with van der Waals surface area (Å²) in [5.74, 6) is 5.08. The van der Waals surface area contributed by atoms with Crippen LogP contribution in [0, 0.1) is 0 Å². The van der Waals surface area contributed by atoms with Gasteiger partial charge in [0.15, 0.2) is 12.4 Å². The molecule has 1 aromatic heterocycles. The number of hydrazine groups is 1. The van der Waals surface area contributed by atoms with Crippen molar-refractivity contribution < 1.29 is 4.98 Å². The highest BCUT2D eigenvalue weighted by Gasteiger charge is 1.85. The molecule has 3 nitrogen and oxygen atoms in total. The summed E-state index contributed by atoms with van der Waals surface area (Å²) in [7, 11) is 0. The van der Waals surface area contributed by atoms with E-state index in [-0.39, 0.29) is 0 Å². The fraction of sp³-hybridized carbons (Fsp3) is 0. The summed E-state index contributed by atoms with van der Waals surface area (Å²) in [5, 5.41) is 0. The van der Waals surface area contributed by atoms with Crippen molar-refractivity contribution in [1.29, 1.82) is 0 Å². The Bertz CT molecular complexity index is 149. The molecule has 0 aromatic carbocycles. The largest absolute Gasteiger partial charge is 0.319 e. The maximum absolute atomic E-state index is 5.08. The van der Waals surface area contributed by atoms with Gasteiger partial charge in [-0.1, -0.05) is 0 Å². The summed E-state index contributed by atoms with van der Waals surface area (Å²) in [6, 6.07) is 3.74. The zero-order valence-corrected chi connectivity index (χ0v) is 4.39. The first-order chi connectivity index (χ1) is 3.93. The van der Waals surface area contributed by atoms with Gasteiger partial charge in [0.1, 0.15) is 5.69 Å². The van der Waals surface area contributed by atoms with Gasteiger partial charge in [-0.15, -0.1) is 0 Å². The molecule has 1 aromatic rings. The summed E-state index contributed by atoms with van der Waals surface area (Å²) in [5.41, 5.74) is 3.38. The fourth-order valence-corrected chi connectivity index (χ4v) is 0.483. The number of aromatic nitrogens is 1. The molecule has 0 bridgehead atoms. The number of hydrogen-bond acceptors (Lipinski definition) is 2. The van der Waals surface area contributed by atoms with Gasteiger partial charge in [0.2, 0.25) is 0 Å². The van der Waals surface area contributed by atoms with E-state index in [4.69, 9.17) is 5.84 Å². The van der Waals surface area contributed by atoms with E-state index < -0.39 is 0 Å². The molecule has 3 heteroatoms. The van der Waals surface area contributed by atoms with Crippen molar-refractivity contribution in [2.45, 2.75) is 0 Å². The molecule has 0 fully saturated rings. The maximum Gasteiger partial charge on any atom is 0.191 e. The molecular formula is C5H8N3+. The Morgan fingerprint density at radius 3 is 2.88 bits per heavy atom. The fourth-order valence-electron chi connectivity index (χ4n) is 0.483. The first kappa shape index (κ1) is 5.05. The average molecular weight is 110 g/mol. The number of aromatic amines is 1. The first-order valence-corrected chi connectivity index (χ1v) is 2.36. The van der Waals surface area contributed by atoms with E-state index >= 15 is 0 Å². The standard InChI is InChI=1S/C5H7N3/c6-8-5-2-1-3-7-4-5/h1-4,8H,6H2/p+1. The highest BCUT2D eigenvalue weighted by Crippen LogP contribution is 1.94. The second kappa shape index (κ2) is 2.28. The molecule has 8 heavy (non-hydrogen) atoms. The number of anilines is 1. The number of nitrogens with two attached hydrogens (primary N) is 1. The third-order valence-electron chi connectivity index (χ3n) is 0.874. The van der Waals surface area contributed by atoms with Crippen LogP contribution in [0.3, 0.4) is 0 Å². The highest BCUT2D eigenvalue weighted by atomic mass is 15.2. The molecule has 0 saturated heterocycles. The maximum atomic E-state index is 5.08. The van der Waals surface area contributed by atoms with E-state index in [1.165, 1.54) is 0 Å². The molecule has 0 unspecified atom stereocenters. The van der Waals surface area contributed by atoms with Crippen molar-refractivity contribution in [1.82, 2.24) is 0 Å². The number of nitrogens with one attached hydrogen (secondary N) is 2. The lowest BCUT2D eigenvalue weighted by atomic mass is 10.4. The van der Waals surface area contributed by atoms with Gasteiger partial charge in [-0.05, 0) is 6.07 Å². The zero-order chi connectivity index (χ0) is 5.82. The third-order valence-corrected chi connectivity index (χ3v) is 0.874. The monoisotopic (exact) mass is 110 g/mol. The number of nitrogen functional groups attached to an aromatic ring is 1. The molecule has 0 aliphatic rings. The molecule has 0 amide bonds.